The Balaban J connectivity index is 2.42. The largest absolute Gasteiger partial charge is 0.478 e. The number of para-hydroxylation sites is 1. The first-order valence-electron chi connectivity index (χ1n) is 10.6. The molecule has 0 unspecified atom stereocenters. The van der Waals surface area contributed by atoms with Crippen molar-refractivity contribution >= 4 is 23.5 Å². The van der Waals surface area contributed by atoms with Crippen molar-refractivity contribution in [3.05, 3.63) is 65.7 Å². The maximum atomic E-state index is 13.3. The number of amides is 2. The van der Waals surface area contributed by atoms with Crippen LogP contribution < -0.4 is 10.4 Å². The lowest BCUT2D eigenvalue weighted by Gasteiger charge is -2.31. The summed E-state index contributed by atoms with van der Waals surface area (Å²) in [5, 5.41) is 21.6. The minimum absolute atomic E-state index is 0.0650. The molecule has 2 amide bonds. The number of anilines is 1. The number of nitrogens with one attached hydrogen (secondary N) is 1. The predicted octanol–water partition coefficient (Wildman–Crippen LogP) is 4.17. The second-order valence-electron chi connectivity index (χ2n) is 7.51. The van der Waals surface area contributed by atoms with Crippen LogP contribution in [0.5, 0.6) is 0 Å². The molecule has 0 heterocycles. The van der Waals surface area contributed by atoms with Crippen molar-refractivity contribution in [2.24, 2.45) is 0 Å². The Morgan fingerprint density at radius 2 is 1.39 bits per heavy atom. The Bertz CT molecular complexity index is 890. The number of carbonyl (C=O) groups excluding carboxylic acids is 2. The highest BCUT2D eigenvalue weighted by molar-refractivity contribution is 6.12. The van der Waals surface area contributed by atoms with Gasteiger partial charge in [0.15, 0.2) is 0 Å². The van der Waals surface area contributed by atoms with E-state index in [9.17, 15) is 24.6 Å². The van der Waals surface area contributed by atoms with Crippen molar-refractivity contribution in [3.63, 3.8) is 0 Å². The van der Waals surface area contributed by atoms with Crippen LogP contribution in [0.3, 0.4) is 0 Å². The first-order chi connectivity index (χ1) is 14.8. The van der Waals surface area contributed by atoms with Gasteiger partial charge in [0, 0.05) is 0 Å². The normalized spacial score (nSPS) is 11.1. The smallest absolute Gasteiger partial charge is 0.336 e. The number of hydrazine groups is 1. The maximum absolute atomic E-state index is 13.3. The van der Waals surface area contributed by atoms with Crippen molar-refractivity contribution in [3.8, 4) is 0 Å². The minimum atomic E-state index is -1.62. The van der Waals surface area contributed by atoms with Crippen LogP contribution in [0, 0.1) is 0 Å². The zero-order valence-electron chi connectivity index (χ0n) is 18.0. The number of rotatable bonds is 10. The fraction of sp³-hybridized carbons (Fsp3) is 0.375. The van der Waals surface area contributed by atoms with Gasteiger partial charge in [-0.15, -0.1) is 0 Å². The third-order valence-corrected chi connectivity index (χ3v) is 5.13. The molecule has 0 aliphatic heterocycles. The first-order valence-corrected chi connectivity index (χ1v) is 10.6. The van der Waals surface area contributed by atoms with Crippen LogP contribution in [0.15, 0.2) is 54.6 Å². The summed E-state index contributed by atoms with van der Waals surface area (Å²) in [6, 6.07) is 14.2. The highest BCUT2D eigenvalue weighted by Crippen LogP contribution is 2.24. The van der Waals surface area contributed by atoms with E-state index in [0.717, 1.165) is 17.9 Å². The van der Waals surface area contributed by atoms with E-state index >= 15 is 0 Å². The molecule has 0 aromatic heterocycles. The monoisotopic (exact) mass is 426 g/mol. The van der Waals surface area contributed by atoms with Crippen LogP contribution in [0.4, 0.5) is 5.69 Å². The number of carbonyl (C=O) groups is 3. The molecule has 2 rings (SSSR count). The summed E-state index contributed by atoms with van der Waals surface area (Å²) in [4.78, 5) is 38.1. The van der Waals surface area contributed by atoms with Gasteiger partial charge in [0.25, 0.3) is 11.8 Å². The van der Waals surface area contributed by atoms with Crippen molar-refractivity contribution in [2.75, 3.05) is 5.01 Å². The number of unbranched alkanes of at least 4 members (excludes halogenated alkanes) is 2. The van der Waals surface area contributed by atoms with Gasteiger partial charge in [0.05, 0.1) is 16.8 Å². The lowest BCUT2D eigenvalue weighted by molar-refractivity contribution is -0.141. The molecule has 166 valence electrons. The Morgan fingerprint density at radius 3 is 1.90 bits per heavy atom. The number of hydrogen-bond donors (Lipinski definition) is 3. The van der Waals surface area contributed by atoms with Crippen molar-refractivity contribution < 1.29 is 24.6 Å². The van der Waals surface area contributed by atoms with E-state index in [1.165, 1.54) is 18.2 Å². The summed E-state index contributed by atoms with van der Waals surface area (Å²) in [6.07, 6.45) is 3.50. The van der Waals surface area contributed by atoms with Gasteiger partial charge in [-0.25, -0.2) is 9.80 Å². The molecule has 0 aliphatic carbocycles. The van der Waals surface area contributed by atoms with Crippen LogP contribution in [-0.4, -0.2) is 33.6 Å². The lowest BCUT2D eigenvalue weighted by Crippen LogP contribution is -2.55. The summed E-state index contributed by atoms with van der Waals surface area (Å²) in [5.41, 5.74) is 1.06. The molecule has 0 bridgehead atoms. The fourth-order valence-electron chi connectivity index (χ4n) is 3.28. The molecule has 0 fully saturated rings. The molecule has 2 aromatic carbocycles. The summed E-state index contributed by atoms with van der Waals surface area (Å²) in [7, 11) is 0. The lowest BCUT2D eigenvalue weighted by atomic mass is 9.90. The number of carboxylic acids is 1. The standard InChI is InChI=1S/C24H30N2O5/c1-3-5-16-24(31,17-6-4-2)23(30)25-26(18-12-8-7-9-13-18)21(27)19-14-10-11-15-20(19)22(28)29/h7-15,31H,3-6,16-17H2,1-2H3,(H,25,30)(H,28,29). The van der Waals surface area contributed by atoms with Crippen LogP contribution >= 0.6 is 0 Å². The van der Waals surface area contributed by atoms with E-state index in [2.05, 4.69) is 5.43 Å². The highest BCUT2D eigenvalue weighted by atomic mass is 16.4. The maximum Gasteiger partial charge on any atom is 0.336 e. The van der Waals surface area contributed by atoms with Crippen molar-refractivity contribution in [2.45, 2.75) is 58.0 Å². The number of aromatic carboxylic acids is 1. The molecule has 7 heteroatoms. The Kier molecular flexibility index (Phi) is 8.75. The Labute approximate surface area is 182 Å². The van der Waals surface area contributed by atoms with Crippen molar-refractivity contribution in [1.29, 1.82) is 0 Å². The zero-order chi connectivity index (χ0) is 22.9. The molecule has 0 saturated heterocycles. The molecule has 0 aliphatic rings. The number of nitrogens with zero attached hydrogens (tertiary/aromatic N) is 1. The van der Waals surface area contributed by atoms with Gasteiger partial charge in [-0.2, -0.15) is 0 Å². The molecule has 3 N–H and O–H groups in total. The van der Waals surface area contributed by atoms with Gasteiger partial charge >= 0.3 is 5.97 Å². The quantitative estimate of drug-likeness (QED) is 0.494. The van der Waals surface area contributed by atoms with E-state index in [1.54, 1.807) is 36.4 Å². The van der Waals surface area contributed by atoms with E-state index in [0.29, 0.717) is 18.5 Å². The van der Waals surface area contributed by atoms with Crippen LogP contribution in [0.25, 0.3) is 0 Å². The second kappa shape index (κ2) is 11.3. The molecule has 0 atom stereocenters. The second-order valence-corrected chi connectivity index (χ2v) is 7.51. The average molecular weight is 427 g/mol. The van der Waals surface area contributed by atoms with Gasteiger partial charge in [0.2, 0.25) is 0 Å². The average Bonchev–Trinajstić information content (AvgIpc) is 2.79. The Morgan fingerprint density at radius 1 is 0.871 bits per heavy atom. The van der Waals surface area contributed by atoms with E-state index in [1.807, 2.05) is 13.8 Å². The molecular weight excluding hydrogens is 396 g/mol. The van der Waals surface area contributed by atoms with Gasteiger partial charge in [-0.1, -0.05) is 69.9 Å². The number of carboxylic acid groups (broad SMARTS) is 1. The van der Waals surface area contributed by atoms with Crippen LogP contribution in [0.1, 0.15) is 73.1 Å². The number of aliphatic hydroxyl groups is 1. The summed E-state index contributed by atoms with van der Waals surface area (Å²) in [6.45, 7) is 3.95. The van der Waals surface area contributed by atoms with Gasteiger partial charge < -0.3 is 10.2 Å². The molecule has 0 radical (unpaired) electrons. The van der Waals surface area contributed by atoms with Gasteiger partial charge in [-0.3, -0.25) is 15.0 Å². The zero-order valence-corrected chi connectivity index (χ0v) is 18.0. The van der Waals surface area contributed by atoms with E-state index in [-0.39, 0.29) is 24.0 Å². The van der Waals surface area contributed by atoms with Crippen LogP contribution in [-0.2, 0) is 4.79 Å². The van der Waals surface area contributed by atoms with Crippen molar-refractivity contribution in [1.82, 2.24) is 5.43 Å². The topological polar surface area (TPSA) is 107 Å². The van der Waals surface area contributed by atoms with Crippen LogP contribution in [0.2, 0.25) is 0 Å². The summed E-state index contributed by atoms with van der Waals surface area (Å²) < 4.78 is 0. The fourth-order valence-corrected chi connectivity index (χ4v) is 3.28. The SMILES string of the molecule is CCCCC(O)(CCCC)C(=O)NN(C(=O)c1ccccc1C(=O)O)c1ccccc1. The third kappa shape index (κ3) is 6.15. The highest BCUT2D eigenvalue weighted by Gasteiger charge is 2.37. The molecule has 0 spiro atoms. The summed E-state index contributed by atoms with van der Waals surface area (Å²) >= 11 is 0. The molecule has 7 nitrogen and oxygen atoms in total. The molecule has 0 saturated carbocycles. The molecule has 31 heavy (non-hydrogen) atoms. The number of benzene rings is 2. The summed E-state index contributed by atoms with van der Waals surface area (Å²) in [5.74, 6) is -2.63. The first kappa shape index (κ1) is 24.1. The minimum Gasteiger partial charge on any atom is -0.478 e. The van der Waals surface area contributed by atoms with E-state index < -0.39 is 23.4 Å². The van der Waals surface area contributed by atoms with Gasteiger partial charge in [0.1, 0.15) is 5.60 Å². The third-order valence-electron chi connectivity index (χ3n) is 5.13. The Hall–Kier alpha value is -3.19. The molecule has 2 aromatic rings. The molecular formula is C24H30N2O5. The van der Waals surface area contributed by atoms with E-state index in [4.69, 9.17) is 0 Å². The predicted molar refractivity (Wildman–Crippen MR) is 119 cm³/mol. The number of hydrogen-bond acceptors (Lipinski definition) is 4. The van der Waals surface area contributed by atoms with Gasteiger partial charge in [-0.05, 0) is 37.1 Å².